The number of piperidine rings is 1. The normalized spacial score (nSPS) is 15.9. The number of carbonyl (C=O) groups is 1. The average molecular weight is 431 g/mol. The van der Waals surface area contributed by atoms with Crippen molar-refractivity contribution < 1.29 is 9.53 Å². The molecule has 1 saturated heterocycles. The van der Waals surface area contributed by atoms with E-state index in [1.54, 1.807) is 9.58 Å². The van der Waals surface area contributed by atoms with Gasteiger partial charge in [0.15, 0.2) is 6.19 Å². The van der Waals surface area contributed by atoms with Crippen LogP contribution >= 0.6 is 0 Å². The number of nitrogens with zero attached hydrogens (tertiary/aromatic N) is 4. The lowest BCUT2D eigenvalue weighted by molar-refractivity contribution is 0.100. The smallest absolute Gasteiger partial charge is 0.254 e. The van der Waals surface area contributed by atoms with Crippen molar-refractivity contribution >= 4 is 11.7 Å². The molecule has 8 nitrogen and oxygen atoms in total. The zero-order valence-electron chi connectivity index (χ0n) is 18.0. The first-order valence-electron chi connectivity index (χ1n) is 10.7. The Morgan fingerprint density at radius 1 is 1.19 bits per heavy atom. The molecular formula is C24H26N6O2. The summed E-state index contributed by atoms with van der Waals surface area (Å²) in [5, 5.41) is 13.9. The minimum Gasteiger partial charge on any atom is -0.457 e. The molecule has 0 aliphatic carbocycles. The molecule has 1 aromatic heterocycles. The molecule has 0 bridgehead atoms. The Kier molecular flexibility index (Phi) is 5.99. The van der Waals surface area contributed by atoms with Crippen molar-refractivity contribution in [3.05, 3.63) is 59.7 Å². The lowest BCUT2D eigenvalue weighted by atomic mass is 10.1. The largest absolute Gasteiger partial charge is 0.457 e. The molecule has 1 aliphatic rings. The highest BCUT2D eigenvalue weighted by atomic mass is 16.5. The van der Waals surface area contributed by atoms with Gasteiger partial charge in [0.05, 0.1) is 12.6 Å². The molecule has 1 unspecified atom stereocenters. The number of rotatable bonds is 6. The molecule has 0 radical (unpaired) electrons. The molecule has 1 aliphatic heterocycles. The topological polar surface area (TPSA) is 123 Å². The van der Waals surface area contributed by atoms with E-state index in [4.69, 9.17) is 16.2 Å². The van der Waals surface area contributed by atoms with Gasteiger partial charge in [-0.1, -0.05) is 19.1 Å². The van der Waals surface area contributed by atoms with E-state index < -0.39 is 5.91 Å². The van der Waals surface area contributed by atoms with Crippen molar-refractivity contribution in [1.29, 1.82) is 5.26 Å². The van der Waals surface area contributed by atoms with Crippen LogP contribution in [0.3, 0.4) is 0 Å². The number of nitriles is 1. The van der Waals surface area contributed by atoms with Crippen LogP contribution in [0.15, 0.2) is 48.5 Å². The third kappa shape index (κ3) is 4.23. The Hall–Kier alpha value is -3.99. The molecule has 164 valence electrons. The van der Waals surface area contributed by atoms with Crippen molar-refractivity contribution in [2.75, 3.05) is 18.8 Å². The fourth-order valence-electron chi connectivity index (χ4n) is 4.03. The highest BCUT2D eigenvalue weighted by Gasteiger charge is 2.28. The van der Waals surface area contributed by atoms with Gasteiger partial charge in [-0.3, -0.25) is 4.79 Å². The van der Waals surface area contributed by atoms with Crippen molar-refractivity contribution in [2.24, 2.45) is 5.73 Å². The summed E-state index contributed by atoms with van der Waals surface area (Å²) in [6, 6.07) is 15.2. The second-order valence-electron chi connectivity index (χ2n) is 7.88. The van der Waals surface area contributed by atoms with Crippen LogP contribution in [0.25, 0.3) is 11.3 Å². The molecule has 4 rings (SSSR count). The number of carbonyl (C=O) groups excluding carboxylic acids is 1. The monoisotopic (exact) mass is 430 g/mol. The van der Waals surface area contributed by atoms with Crippen LogP contribution in [0.1, 0.15) is 41.7 Å². The first-order chi connectivity index (χ1) is 15.5. The Labute approximate surface area is 187 Å². The van der Waals surface area contributed by atoms with Crippen LogP contribution in [0.5, 0.6) is 11.5 Å². The maximum Gasteiger partial charge on any atom is 0.254 e. The third-order valence-corrected chi connectivity index (χ3v) is 5.77. The zero-order chi connectivity index (χ0) is 22.7. The maximum absolute atomic E-state index is 12.2. The second-order valence-corrected chi connectivity index (χ2v) is 7.88. The summed E-state index contributed by atoms with van der Waals surface area (Å²) in [5.41, 5.74) is 14.5. The molecule has 4 N–H and O–H groups in total. The molecule has 0 saturated carbocycles. The van der Waals surface area contributed by atoms with Crippen LogP contribution in [0.2, 0.25) is 0 Å². The van der Waals surface area contributed by atoms with Crippen molar-refractivity contribution in [2.45, 2.75) is 32.2 Å². The molecule has 1 amide bonds. The highest BCUT2D eigenvalue weighted by Crippen LogP contribution is 2.33. The first kappa shape index (κ1) is 21.2. The van der Waals surface area contributed by atoms with Crippen LogP contribution in [-0.2, 0) is 6.42 Å². The highest BCUT2D eigenvalue weighted by molar-refractivity contribution is 6.03. The second kappa shape index (κ2) is 9.02. The summed E-state index contributed by atoms with van der Waals surface area (Å²) in [6.07, 6.45) is 4.83. The van der Waals surface area contributed by atoms with Gasteiger partial charge < -0.3 is 21.1 Å². The van der Waals surface area contributed by atoms with E-state index in [0.29, 0.717) is 30.1 Å². The number of benzene rings is 2. The summed E-state index contributed by atoms with van der Waals surface area (Å²) in [7, 11) is 0. The van der Waals surface area contributed by atoms with Gasteiger partial charge in [0, 0.05) is 12.1 Å². The standard InChI is InChI=1S/C24H26N6O2/c1-2-16-5-9-19(10-6-16)32-20-11-7-17(8-12-20)22-21(24(27)31)23(26)30(28-22)18-4-3-13-29(14-18)15-25/h5-12,18H,2-4,13-14,26H2,1H3,(H2,27,31). The lowest BCUT2D eigenvalue weighted by Gasteiger charge is -2.29. The van der Waals surface area contributed by atoms with Gasteiger partial charge >= 0.3 is 0 Å². The fourth-order valence-corrected chi connectivity index (χ4v) is 4.03. The van der Waals surface area contributed by atoms with Gasteiger partial charge in [-0.25, -0.2) is 4.68 Å². The molecule has 32 heavy (non-hydrogen) atoms. The van der Waals surface area contributed by atoms with Gasteiger partial charge in [0.1, 0.15) is 28.6 Å². The van der Waals surface area contributed by atoms with Crippen LogP contribution in [0, 0.1) is 11.5 Å². The van der Waals surface area contributed by atoms with E-state index >= 15 is 0 Å². The summed E-state index contributed by atoms with van der Waals surface area (Å²) < 4.78 is 7.55. The molecule has 1 atom stereocenters. The zero-order valence-corrected chi connectivity index (χ0v) is 18.0. The van der Waals surface area contributed by atoms with Gasteiger partial charge in [-0.15, -0.1) is 0 Å². The quantitative estimate of drug-likeness (QED) is 0.575. The minimum absolute atomic E-state index is 0.0936. The number of aromatic nitrogens is 2. The van der Waals surface area contributed by atoms with E-state index in [0.717, 1.165) is 25.0 Å². The number of nitrogens with two attached hydrogens (primary N) is 2. The van der Waals surface area contributed by atoms with E-state index in [2.05, 4.69) is 18.2 Å². The molecular weight excluding hydrogens is 404 g/mol. The average Bonchev–Trinajstić information content (AvgIpc) is 3.17. The lowest BCUT2D eigenvalue weighted by Crippen LogP contribution is -2.34. The molecule has 0 spiro atoms. The van der Waals surface area contributed by atoms with E-state index in [-0.39, 0.29) is 17.4 Å². The molecule has 8 heteroatoms. The predicted octanol–water partition coefficient (Wildman–Crippen LogP) is 3.70. The van der Waals surface area contributed by atoms with Gasteiger partial charge in [-0.2, -0.15) is 10.4 Å². The van der Waals surface area contributed by atoms with Crippen molar-refractivity contribution in [3.8, 4) is 28.9 Å². The summed E-state index contributed by atoms with van der Waals surface area (Å²) in [4.78, 5) is 13.9. The minimum atomic E-state index is -0.631. The number of primary amides is 1. The Bertz CT molecular complexity index is 1140. The summed E-state index contributed by atoms with van der Waals surface area (Å²) in [6.45, 7) is 3.33. The van der Waals surface area contributed by atoms with Gasteiger partial charge in [0.2, 0.25) is 0 Å². The number of hydrogen-bond acceptors (Lipinski definition) is 6. The van der Waals surface area contributed by atoms with Crippen LogP contribution in [-0.4, -0.2) is 33.7 Å². The Morgan fingerprint density at radius 3 is 2.44 bits per heavy atom. The molecule has 2 aromatic carbocycles. The van der Waals surface area contributed by atoms with E-state index in [9.17, 15) is 10.1 Å². The first-order valence-corrected chi connectivity index (χ1v) is 10.7. The Morgan fingerprint density at radius 2 is 1.84 bits per heavy atom. The van der Waals surface area contributed by atoms with E-state index in [1.165, 1.54) is 5.56 Å². The number of aryl methyl sites for hydroxylation is 1. The fraction of sp³-hybridized carbons (Fsp3) is 0.292. The van der Waals surface area contributed by atoms with Gasteiger partial charge in [0.25, 0.3) is 5.91 Å². The molecule has 3 aromatic rings. The number of ether oxygens (including phenoxy) is 1. The maximum atomic E-state index is 12.2. The SMILES string of the molecule is CCc1ccc(Oc2ccc(-c3nn(C4CCCN(C#N)C4)c(N)c3C(N)=O)cc2)cc1. The van der Waals surface area contributed by atoms with Crippen molar-refractivity contribution in [1.82, 2.24) is 14.7 Å². The van der Waals surface area contributed by atoms with Crippen molar-refractivity contribution in [3.63, 3.8) is 0 Å². The predicted molar refractivity (Wildman–Crippen MR) is 122 cm³/mol. The van der Waals surface area contributed by atoms with Crippen LogP contribution in [0.4, 0.5) is 5.82 Å². The molecule has 1 fully saturated rings. The number of likely N-dealkylation sites (tertiary alicyclic amines) is 1. The van der Waals surface area contributed by atoms with Gasteiger partial charge in [-0.05, 0) is 61.2 Å². The summed E-state index contributed by atoms with van der Waals surface area (Å²) in [5.74, 6) is 1.02. The summed E-state index contributed by atoms with van der Waals surface area (Å²) >= 11 is 0. The number of hydrogen-bond donors (Lipinski definition) is 2. The molecule has 2 heterocycles. The third-order valence-electron chi connectivity index (χ3n) is 5.77. The number of nitrogen functional groups attached to an aromatic ring is 1. The number of amides is 1. The number of anilines is 1. The Balaban J connectivity index is 1.61. The van der Waals surface area contributed by atoms with Crippen LogP contribution < -0.4 is 16.2 Å². The van der Waals surface area contributed by atoms with E-state index in [1.807, 2.05) is 48.5 Å².